The van der Waals surface area contributed by atoms with Gasteiger partial charge < -0.3 is 20.4 Å². The van der Waals surface area contributed by atoms with Crippen LogP contribution < -0.4 is 0 Å². The fourth-order valence-corrected chi connectivity index (χ4v) is 1.49. The molecule has 0 saturated heterocycles. The molecule has 5 heteroatoms. The second kappa shape index (κ2) is 13.5. The van der Waals surface area contributed by atoms with Crippen LogP contribution >= 0.6 is 0 Å². The molecule has 0 aliphatic rings. The predicted octanol–water partition coefficient (Wildman–Crippen LogP) is 1.55. The summed E-state index contributed by atoms with van der Waals surface area (Å²) in [6.07, 6.45) is 3.38. The Balaban J connectivity index is -0.000000256. The van der Waals surface area contributed by atoms with Crippen LogP contribution in [0.15, 0.2) is 0 Å². The average Bonchev–Trinajstić information content (AvgIpc) is 2.46. The molecule has 0 aromatic rings. The van der Waals surface area contributed by atoms with Gasteiger partial charge in [0, 0.05) is 32.5 Å². The molecular formula is C14H32O4Ti. The third-order valence-corrected chi connectivity index (χ3v) is 4.34. The van der Waals surface area contributed by atoms with Gasteiger partial charge in [0.2, 0.25) is 0 Å². The molecule has 0 unspecified atom stereocenters. The summed E-state index contributed by atoms with van der Waals surface area (Å²) in [5.74, 6) is 0. The van der Waals surface area contributed by atoms with Gasteiger partial charge in [-0.15, -0.1) is 0 Å². The minimum atomic E-state index is -0.222. The van der Waals surface area contributed by atoms with E-state index in [9.17, 15) is 0 Å². The van der Waals surface area contributed by atoms with E-state index in [-0.39, 0.29) is 59.0 Å². The molecule has 19 heavy (non-hydrogen) atoms. The van der Waals surface area contributed by atoms with E-state index in [1.165, 1.54) is 0 Å². The Morgan fingerprint density at radius 1 is 0.526 bits per heavy atom. The first-order chi connectivity index (χ1) is 8.49. The van der Waals surface area contributed by atoms with Gasteiger partial charge in [-0.2, -0.15) is 0 Å². The zero-order chi connectivity index (χ0) is 14.7. The molecule has 0 spiro atoms. The van der Waals surface area contributed by atoms with Crippen molar-refractivity contribution in [2.24, 2.45) is 10.8 Å². The third-order valence-electron chi connectivity index (χ3n) is 4.34. The Morgan fingerprint density at radius 3 is 0.684 bits per heavy atom. The number of aliphatic hydroxyl groups excluding tert-OH is 4. The van der Waals surface area contributed by atoms with Crippen molar-refractivity contribution in [1.82, 2.24) is 0 Å². The molecular weight excluding hydrogens is 280 g/mol. The van der Waals surface area contributed by atoms with Crippen LogP contribution in [0.25, 0.3) is 0 Å². The molecule has 116 valence electrons. The van der Waals surface area contributed by atoms with Gasteiger partial charge in [0.15, 0.2) is 0 Å². The van der Waals surface area contributed by atoms with Crippen molar-refractivity contribution in [3.05, 3.63) is 0 Å². The van der Waals surface area contributed by atoms with Crippen LogP contribution in [0.2, 0.25) is 0 Å². The largest absolute Gasteiger partial charge is 0.396 e. The maximum absolute atomic E-state index is 8.82. The second-order valence-corrected chi connectivity index (χ2v) is 5.05. The Kier molecular flexibility index (Phi) is 17.5. The molecule has 0 radical (unpaired) electrons. The second-order valence-electron chi connectivity index (χ2n) is 5.05. The van der Waals surface area contributed by atoms with E-state index >= 15 is 0 Å². The van der Waals surface area contributed by atoms with Crippen LogP contribution in [-0.2, 0) is 21.7 Å². The monoisotopic (exact) mass is 312 g/mol. The summed E-state index contributed by atoms with van der Waals surface area (Å²) >= 11 is 0. The zero-order valence-electron chi connectivity index (χ0n) is 12.9. The predicted molar refractivity (Wildman–Crippen MR) is 74.4 cm³/mol. The fraction of sp³-hybridized carbons (Fsp3) is 1.00. The number of hydrogen-bond donors (Lipinski definition) is 4. The third kappa shape index (κ3) is 8.43. The molecule has 0 saturated carbocycles. The van der Waals surface area contributed by atoms with Crippen molar-refractivity contribution >= 4 is 0 Å². The van der Waals surface area contributed by atoms with Gasteiger partial charge in [0.1, 0.15) is 0 Å². The minimum absolute atomic E-state index is 0. The Hall–Kier alpha value is 0.554. The van der Waals surface area contributed by atoms with E-state index in [0.29, 0.717) is 0 Å². The first kappa shape index (κ1) is 24.6. The molecule has 0 aliphatic heterocycles. The topological polar surface area (TPSA) is 80.9 Å². The van der Waals surface area contributed by atoms with Gasteiger partial charge in [0.25, 0.3) is 0 Å². The van der Waals surface area contributed by atoms with Crippen LogP contribution in [0.5, 0.6) is 0 Å². The maximum Gasteiger partial charge on any atom is 0.0509 e. The fourth-order valence-electron chi connectivity index (χ4n) is 1.49. The summed E-state index contributed by atoms with van der Waals surface area (Å²) in [5.41, 5.74) is -0.444. The quantitative estimate of drug-likeness (QED) is 0.513. The van der Waals surface area contributed by atoms with Gasteiger partial charge in [0.05, 0.1) is 26.4 Å². The number of aliphatic hydroxyl groups is 4. The number of rotatable bonds is 8. The van der Waals surface area contributed by atoms with E-state index in [1.54, 1.807) is 0 Å². The molecule has 0 atom stereocenters. The summed E-state index contributed by atoms with van der Waals surface area (Å²) in [6.45, 7) is 8.30. The Labute approximate surface area is 133 Å². The van der Waals surface area contributed by atoms with E-state index in [4.69, 9.17) is 20.4 Å². The molecule has 0 heterocycles. The molecule has 0 rings (SSSR count). The minimum Gasteiger partial charge on any atom is -0.396 e. The molecule has 0 fully saturated rings. The molecule has 0 amide bonds. The van der Waals surface area contributed by atoms with Crippen molar-refractivity contribution in [2.45, 2.75) is 53.4 Å². The first-order valence-electron chi connectivity index (χ1n) is 6.92. The smallest absolute Gasteiger partial charge is 0.0509 e. The van der Waals surface area contributed by atoms with Crippen molar-refractivity contribution < 1.29 is 42.1 Å². The van der Waals surface area contributed by atoms with Crippen LogP contribution in [0.3, 0.4) is 0 Å². The van der Waals surface area contributed by atoms with Crippen LogP contribution in [-0.4, -0.2) is 46.9 Å². The van der Waals surface area contributed by atoms with Gasteiger partial charge in [-0.1, -0.05) is 27.7 Å². The molecule has 0 aromatic heterocycles. The molecule has 0 aliphatic carbocycles. The molecule has 0 aromatic carbocycles. The van der Waals surface area contributed by atoms with E-state index in [1.807, 2.05) is 27.7 Å². The summed E-state index contributed by atoms with van der Waals surface area (Å²) in [4.78, 5) is 0. The van der Waals surface area contributed by atoms with Gasteiger partial charge >= 0.3 is 0 Å². The van der Waals surface area contributed by atoms with E-state index in [2.05, 4.69) is 0 Å². The summed E-state index contributed by atoms with van der Waals surface area (Å²) in [6, 6.07) is 0. The van der Waals surface area contributed by atoms with Gasteiger partial charge in [-0.3, -0.25) is 0 Å². The van der Waals surface area contributed by atoms with Crippen LogP contribution in [0, 0.1) is 10.8 Å². The summed E-state index contributed by atoms with van der Waals surface area (Å²) in [5, 5.41) is 35.3. The summed E-state index contributed by atoms with van der Waals surface area (Å²) < 4.78 is 0. The summed E-state index contributed by atoms with van der Waals surface area (Å²) in [7, 11) is 0. The van der Waals surface area contributed by atoms with Crippen molar-refractivity contribution in [3.8, 4) is 0 Å². The Bertz CT molecular complexity index is 125. The normalized spacial score (nSPS) is 11.4. The molecule has 0 bridgehead atoms. The van der Waals surface area contributed by atoms with E-state index < -0.39 is 0 Å². The van der Waals surface area contributed by atoms with Gasteiger partial charge in [-0.25, -0.2) is 0 Å². The number of hydrogen-bond acceptors (Lipinski definition) is 4. The van der Waals surface area contributed by atoms with Crippen LogP contribution in [0.4, 0.5) is 0 Å². The maximum atomic E-state index is 8.82. The van der Waals surface area contributed by atoms with Gasteiger partial charge in [-0.05, 0) is 25.7 Å². The standard InChI is InChI=1S/2C7H16O2.Ti/c2*1-3-7(4-2,5-8)6-9;/h2*8-9H,3-6H2,1-2H3;. The Morgan fingerprint density at radius 2 is 0.684 bits per heavy atom. The van der Waals surface area contributed by atoms with Crippen LogP contribution in [0.1, 0.15) is 53.4 Å². The average molecular weight is 312 g/mol. The SMILES string of the molecule is CCC(CC)(CO)CO.CCC(CC)(CO)CO.[Ti]. The molecule has 4 N–H and O–H groups in total. The molecule has 4 nitrogen and oxygen atoms in total. The van der Waals surface area contributed by atoms with Crippen molar-refractivity contribution in [3.63, 3.8) is 0 Å². The van der Waals surface area contributed by atoms with E-state index in [0.717, 1.165) is 25.7 Å². The first-order valence-corrected chi connectivity index (χ1v) is 6.92. The van der Waals surface area contributed by atoms with Crippen molar-refractivity contribution in [2.75, 3.05) is 26.4 Å². The van der Waals surface area contributed by atoms with Crippen molar-refractivity contribution in [1.29, 1.82) is 0 Å². The zero-order valence-corrected chi connectivity index (χ0v) is 14.5.